The van der Waals surface area contributed by atoms with Crippen LogP contribution >= 0.6 is 22.6 Å². The Bertz CT molecular complexity index is 128. The van der Waals surface area contributed by atoms with E-state index in [2.05, 4.69) is 27.9 Å². The fourth-order valence-electron chi connectivity index (χ4n) is 0.909. The molecule has 1 saturated heterocycles. The first-order valence-electron chi connectivity index (χ1n) is 2.87. The summed E-state index contributed by atoms with van der Waals surface area (Å²) in [6.07, 6.45) is 0.885. The Balaban J connectivity index is 2.39. The summed E-state index contributed by atoms with van der Waals surface area (Å²) in [6.45, 7) is 0.911. The van der Waals surface area contributed by atoms with Crippen molar-refractivity contribution in [3.63, 3.8) is 0 Å². The van der Waals surface area contributed by atoms with Gasteiger partial charge in [-0.05, 0) is 6.42 Å². The molecule has 0 aromatic heterocycles. The molecule has 1 rings (SSSR count). The number of hydrogen-bond donors (Lipinski definition) is 2. The van der Waals surface area contributed by atoms with Gasteiger partial charge >= 0.3 is 0 Å². The Morgan fingerprint density at radius 1 is 1.78 bits per heavy atom. The lowest BCUT2D eigenvalue weighted by Gasteiger charge is -2.01. The van der Waals surface area contributed by atoms with Gasteiger partial charge in [0.25, 0.3) is 0 Å². The highest BCUT2D eigenvalue weighted by molar-refractivity contribution is 14.1. The molecule has 3 nitrogen and oxygen atoms in total. The summed E-state index contributed by atoms with van der Waals surface area (Å²) in [5.41, 5.74) is 5.06. The van der Waals surface area contributed by atoms with Crippen LogP contribution in [0.4, 0.5) is 0 Å². The molecule has 0 bridgehead atoms. The van der Waals surface area contributed by atoms with Crippen LogP contribution in [0.5, 0.6) is 0 Å². The SMILES string of the molecule is NC(=O)[C@H]1C[C@H](I)CN1. The summed E-state index contributed by atoms with van der Waals surface area (Å²) in [4.78, 5) is 10.5. The summed E-state index contributed by atoms with van der Waals surface area (Å²) < 4.78 is 0.570. The molecular formula is C5H9IN2O. The average Bonchev–Trinajstić information content (AvgIpc) is 2.14. The number of nitrogens with one attached hydrogen (secondary N) is 1. The van der Waals surface area contributed by atoms with E-state index in [9.17, 15) is 4.79 Å². The number of nitrogens with two attached hydrogens (primary N) is 1. The Morgan fingerprint density at radius 3 is 2.67 bits per heavy atom. The number of amides is 1. The van der Waals surface area contributed by atoms with Crippen LogP contribution in [0.1, 0.15) is 6.42 Å². The zero-order valence-corrected chi connectivity index (χ0v) is 7.09. The fourth-order valence-corrected chi connectivity index (χ4v) is 1.67. The van der Waals surface area contributed by atoms with Crippen LogP contribution in [0, 0.1) is 0 Å². The van der Waals surface area contributed by atoms with Crippen molar-refractivity contribution in [3.8, 4) is 0 Å². The van der Waals surface area contributed by atoms with Crippen LogP contribution in [0.2, 0.25) is 0 Å². The summed E-state index contributed by atoms with van der Waals surface area (Å²) in [7, 11) is 0. The third-order valence-corrected chi connectivity index (χ3v) is 2.37. The molecule has 0 unspecified atom stereocenters. The van der Waals surface area contributed by atoms with Gasteiger partial charge in [-0.25, -0.2) is 0 Å². The minimum absolute atomic E-state index is 0.0769. The first-order chi connectivity index (χ1) is 4.20. The van der Waals surface area contributed by atoms with Crippen molar-refractivity contribution in [2.75, 3.05) is 6.54 Å². The van der Waals surface area contributed by atoms with Crippen molar-refractivity contribution >= 4 is 28.5 Å². The normalized spacial score (nSPS) is 34.8. The average molecular weight is 240 g/mol. The molecule has 1 fully saturated rings. The molecule has 1 heterocycles. The number of rotatable bonds is 1. The van der Waals surface area contributed by atoms with E-state index < -0.39 is 0 Å². The van der Waals surface area contributed by atoms with E-state index in [1.165, 1.54) is 0 Å². The molecule has 0 aromatic carbocycles. The molecule has 0 spiro atoms. The lowest BCUT2D eigenvalue weighted by Crippen LogP contribution is -2.36. The molecule has 0 saturated carbocycles. The predicted octanol–water partition coefficient (Wildman–Crippen LogP) is -0.363. The van der Waals surface area contributed by atoms with Gasteiger partial charge in [0.05, 0.1) is 6.04 Å². The first kappa shape index (κ1) is 7.27. The number of primary amides is 1. The monoisotopic (exact) mass is 240 g/mol. The molecule has 1 amide bonds. The molecule has 0 aliphatic carbocycles. The van der Waals surface area contributed by atoms with Crippen LogP contribution < -0.4 is 11.1 Å². The third kappa shape index (κ3) is 1.79. The summed E-state index contributed by atoms with van der Waals surface area (Å²) in [6, 6.07) is -0.0769. The minimum Gasteiger partial charge on any atom is -0.368 e. The maximum atomic E-state index is 10.5. The van der Waals surface area contributed by atoms with Gasteiger partial charge in [-0.15, -0.1) is 0 Å². The van der Waals surface area contributed by atoms with Gasteiger partial charge in [0.1, 0.15) is 0 Å². The highest BCUT2D eigenvalue weighted by atomic mass is 127. The predicted molar refractivity (Wildman–Crippen MR) is 43.4 cm³/mol. The van der Waals surface area contributed by atoms with E-state index in [4.69, 9.17) is 5.73 Å². The summed E-state index contributed by atoms with van der Waals surface area (Å²) in [5, 5.41) is 3.02. The van der Waals surface area contributed by atoms with Gasteiger partial charge in [-0.2, -0.15) is 0 Å². The van der Waals surface area contributed by atoms with Crippen molar-refractivity contribution in [1.29, 1.82) is 0 Å². The van der Waals surface area contributed by atoms with Gasteiger partial charge in [0.15, 0.2) is 0 Å². The Morgan fingerprint density at radius 2 is 2.44 bits per heavy atom. The number of hydrogen-bond acceptors (Lipinski definition) is 2. The van der Waals surface area contributed by atoms with E-state index in [0.717, 1.165) is 13.0 Å². The largest absolute Gasteiger partial charge is 0.368 e. The molecule has 3 N–H and O–H groups in total. The number of carbonyl (C=O) groups is 1. The van der Waals surface area contributed by atoms with Crippen LogP contribution in [-0.2, 0) is 4.79 Å². The number of alkyl halides is 1. The van der Waals surface area contributed by atoms with Crippen molar-refractivity contribution < 1.29 is 4.79 Å². The zero-order valence-electron chi connectivity index (χ0n) is 4.93. The van der Waals surface area contributed by atoms with Crippen LogP contribution in [-0.4, -0.2) is 22.4 Å². The van der Waals surface area contributed by atoms with E-state index in [-0.39, 0.29) is 11.9 Å². The molecule has 52 valence electrons. The van der Waals surface area contributed by atoms with E-state index in [1.54, 1.807) is 0 Å². The number of carbonyl (C=O) groups excluding carboxylic acids is 1. The highest BCUT2D eigenvalue weighted by Crippen LogP contribution is 2.13. The third-order valence-electron chi connectivity index (χ3n) is 1.42. The Labute approximate surface area is 67.5 Å². The topological polar surface area (TPSA) is 55.1 Å². The molecule has 2 atom stereocenters. The second-order valence-corrected chi connectivity index (χ2v) is 3.96. The van der Waals surface area contributed by atoms with Gasteiger partial charge in [0.2, 0.25) is 5.91 Å². The highest BCUT2D eigenvalue weighted by Gasteiger charge is 2.25. The summed E-state index contributed by atoms with van der Waals surface area (Å²) in [5.74, 6) is -0.228. The van der Waals surface area contributed by atoms with Crippen molar-refractivity contribution in [2.45, 2.75) is 16.4 Å². The molecule has 1 aliphatic heterocycles. The second kappa shape index (κ2) is 2.83. The number of halogens is 1. The van der Waals surface area contributed by atoms with Gasteiger partial charge in [-0.3, -0.25) is 4.79 Å². The lowest BCUT2D eigenvalue weighted by atomic mass is 10.2. The molecular weight excluding hydrogens is 231 g/mol. The molecule has 1 aliphatic rings. The molecule has 0 aromatic rings. The first-order valence-corrected chi connectivity index (χ1v) is 4.11. The fraction of sp³-hybridized carbons (Fsp3) is 0.800. The smallest absolute Gasteiger partial charge is 0.234 e. The van der Waals surface area contributed by atoms with Gasteiger partial charge < -0.3 is 11.1 Å². The molecule has 4 heteroatoms. The second-order valence-electron chi connectivity index (χ2n) is 2.20. The Hall–Kier alpha value is 0.160. The van der Waals surface area contributed by atoms with Crippen molar-refractivity contribution in [2.24, 2.45) is 5.73 Å². The maximum Gasteiger partial charge on any atom is 0.234 e. The van der Waals surface area contributed by atoms with Crippen LogP contribution in [0.3, 0.4) is 0 Å². The van der Waals surface area contributed by atoms with E-state index in [1.807, 2.05) is 0 Å². The van der Waals surface area contributed by atoms with E-state index in [0.29, 0.717) is 3.92 Å². The lowest BCUT2D eigenvalue weighted by molar-refractivity contribution is -0.119. The standard InChI is InChI=1S/C5H9IN2O/c6-3-1-4(5(7)9)8-2-3/h3-4,8H,1-2H2,(H2,7,9)/t3-,4+/m0/s1. The molecule has 0 radical (unpaired) electrons. The summed E-state index contributed by atoms with van der Waals surface area (Å²) >= 11 is 2.31. The van der Waals surface area contributed by atoms with Crippen molar-refractivity contribution in [1.82, 2.24) is 5.32 Å². The van der Waals surface area contributed by atoms with E-state index >= 15 is 0 Å². The van der Waals surface area contributed by atoms with Crippen molar-refractivity contribution in [3.05, 3.63) is 0 Å². The zero-order chi connectivity index (χ0) is 6.85. The quantitative estimate of drug-likeness (QED) is 0.485. The maximum absolute atomic E-state index is 10.5. The van der Waals surface area contributed by atoms with Crippen LogP contribution in [0.15, 0.2) is 0 Å². The van der Waals surface area contributed by atoms with Gasteiger partial charge in [0, 0.05) is 10.5 Å². The molecule has 9 heavy (non-hydrogen) atoms. The van der Waals surface area contributed by atoms with Gasteiger partial charge in [-0.1, -0.05) is 22.6 Å². The minimum atomic E-state index is -0.228. The van der Waals surface area contributed by atoms with Crippen LogP contribution in [0.25, 0.3) is 0 Å². The Kier molecular flexibility index (Phi) is 2.29.